The summed E-state index contributed by atoms with van der Waals surface area (Å²) in [5.41, 5.74) is 1.19. The summed E-state index contributed by atoms with van der Waals surface area (Å²) < 4.78 is 30.6. The summed E-state index contributed by atoms with van der Waals surface area (Å²) in [6.45, 7) is 1.77. The van der Waals surface area contributed by atoms with Crippen molar-refractivity contribution in [2.24, 2.45) is 12.0 Å². The first-order chi connectivity index (χ1) is 12.3. The highest BCUT2D eigenvalue weighted by Gasteiger charge is 2.09. The summed E-state index contributed by atoms with van der Waals surface area (Å²) in [5.74, 6) is 1.41. The second-order valence-corrected chi connectivity index (χ2v) is 8.05. The number of guanidine groups is 1. The minimum absolute atomic E-state index is 0.283. The van der Waals surface area contributed by atoms with Gasteiger partial charge in [-0.05, 0) is 36.4 Å². The van der Waals surface area contributed by atoms with Crippen LogP contribution in [-0.2, 0) is 23.4 Å². The standard InChI is InChI=1S/C18H26N4O3S/c1-19-18(22(3)14-15-6-5-12-21(15)2)20-11-13-25-16-7-9-17(10-8-16)26(4,23)24/h5-10,12H,11,13-14H2,1-4H3,(H,19,20). The van der Waals surface area contributed by atoms with E-state index in [1.165, 1.54) is 11.9 Å². The molecule has 0 aliphatic rings. The first-order valence-corrected chi connectivity index (χ1v) is 10.2. The molecule has 0 aliphatic carbocycles. The van der Waals surface area contributed by atoms with Crippen LogP contribution in [0.15, 0.2) is 52.5 Å². The van der Waals surface area contributed by atoms with Gasteiger partial charge in [0.25, 0.3) is 0 Å². The molecule has 0 saturated carbocycles. The molecule has 8 heteroatoms. The van der Waals surface area contributed by atoms with E-state index in [0.29, 0.717) is 18.9 Å². The Kier molecular flexibility index (Phi) is 6.68. The van der Waals surface area contributed by atoms with Crippen LogP contribution in [0.4, 0.5) is 0 Å². The number of hydrogen-bond acceptors (Lipinski definition) is 4. The molecule has 0 unspecified atom stereocenters. The lowest BCUT2D eigenvalue weighted by Gasteiger charge is -2.22. The van der Waals surface area contributed by atoms with Gasteiger partial charge < -0.3 is 19.5 Å². The monoisotopic (exact) mass is 378 g/mol. The Hall–Kier alpha value is -2.48. The van der Waals surface area contributed by atoms with Crippen molar-refractivity contribution in [3.63, 3.8) is 0 Å². The van der Waals surface area contributed by atoms with Gasteiger partial charge in [-0.15, -0.1) is 0 Å². The van der Waals surface area contributed by atoms with Gasteiger partial charge in [0.15, 0.2) is 15.8 Å². The number of sulfone groups is 1. The molecule has 0 spiro atoms. The lowest BCUT2D eigenvalue weighted by molar-refractivity contribution is 0.318. The molecule has 1 aromatic carbocycles. The third kappa shape index (κ3) is 5.52. The second-order valence-electron chi connectivity index (χ2n) is 6.03. The zero-order valence-electron chi connectivity index (χ0n) is 15.6. The molecule has 7 nitrogen and oxygen atoms in total. The normalized spacial score (nSPS) is 12.1. The van der Waals surface area contributed by atoms with E-state index >= 15 is 0 Å². The number of rotatable bonds is 7. The van der Waals surface area contributed by atoms with Crippen molar-refractivity contribution in [2.45, 2.75) is 11.4 Å². The van der Waals surface area contributed by atoms with E-state index in [-0.39, 0.29) is 4.90 Å². The van der Waals surface area contributed by atoms with E-state index in [4.69, 9.17) is 4.74 Å². The largest absolute Gasteiger partial charge is 0.492 e. The first-order valence-electron chi connectivity index (χ1n) is 8.26. The Morgan fingerprint density at radius 2 is 1.96 bits per heavy atom. The molecule has 26 heavy (non-hydrogen) atoms. The smallest absolute Gasteiger partial charge is 0.193 e. The van der Waals surface area contributed by atoms with Crippen LogP contribution in [-0.4, -0.2) is 57.3 Å². The van der Waals surface area contributed by atoms with Gasteiger partial charge in [0.2, 0.25) is 0 Å². The fourth-order valence-electron chi connectivity index (χ4n) is 2.48. The number of benzene rings is 1. The summed E-state index contributed by atoms with van der Waals surface area (Å²) in [5, 5.41) is 3.25. The fraction of sp³-hybridized carbons (Fsp3) is 0.389. The van der Waals surface area contributed by atoms with Crippen LogP contribution >= 0.6 is 0 Å². The fourth-order valence-corrected chi connectivity index (χ4v) is 3.11. The number of aryl methyl sites for hydroxylation is 1. The van der Waals surface area contributed by atoms with Gasteiger partial charge in [-0.25, -0.2) is 8.42 Å². The molecule has 0 amide bonds. The molecule has 0 fully saturated rings. The van der Waals surface area contributed by atoms with Crippen LogP contribution in [0.1, 0.15) is 5.69 Å². The Morgan fingerprint density at radius 3 is 2.50 bits per heavy atom. The van der Waals surface area contributed by atoms with Gasteiger partial charge in [-0.1, -0.05) is 0 Å². The van der Waals surface area contributed by atoms with Gasteiger partial charge in [0.05, 0.1) is 18.0 Å². The van der Waals surface area contributed by atoms with Crippen molar-refractivity contribution in [2.75, 3.05) is 33.5 Å². The van der Waals surface area contributed by atoms with Gasteiger partial charge >= 0.3 is 0 Å². The van der Waals surface area contributed by atoms with Crippen LogP contribution in [0.5, 0.6) is 5.75 Å². The number of aromatic nitrogens is 1. The van der Waals surface area contributed by atoms with Crippen molar-refractivity contribution in [1.29, 1.82) is 0 Å². The van der Waals surface area contributed by atoms with Crippen molar-refractivity contribution >= 4 is 15.8 Å². The van der Waals surface area contributed by atoms with E-state index in [9.17, 15) is 8.42 Å². The van der Waals surface area contributed by atoms with Crippen LogP contribution in [0.25, 0.3) is 0 Å². The Bertz CT molecular complexity index is 842. The minimum Gasteiger partial charge on any atom is -0.492 e. The summed E-state index contributed by atoms with van der Waals surface area (Å²) in [4.78, 5) is 6.60. The van der Waals surface area contributed by atoms with Gasteiger partial charge in [0, 0.05) is 39.3 Å². The Morgan fingerprint density at radius 1 is 1.27 bits per heavy atom. The molecular formula is C18H26N4O3S. The van der Waals surface area contributed by atoms with E-state index in [2.05, 4.69) is 20.9 Å². The molecule has 1 heterocycles. The number of nitrogens with zero attached hydrogens (tertiary/aromatic N) is 3. The Labute approximate surface area is 155 Å². The maximum absolute atomic E-state index is 11.4. The number of ether oxygens (including phenoxy) is 1. The highest BCUT2D eigenvalue weighted by atomic mass is 32.2. The lowest BCUT2D eigenvalue weighted by Crippen LogP contribution is -2.40. The van der Waals surface area contributed by atoms with E-state index in [0.717, 1.165) is 12.5 Å². The highest BCUT2D eigenvalue weighted by Crippen LogP contribution is 2.15. The van der Waals surface area contributed by atoms with Crippen LogP contribution in [0.3, 0.4) is 0 Å². The summed E-state index contributed by atoms with van der Waals surface area (Å²) in [6.07, 6.45) is 3.20. The quantitative estimate of drug-likeness (QED) is 0.449. The number of hydrogen-bond donors (Lipinski definition) is 1. The predicted octanol–water partition coefficient (Wildman–Crippen LogP) is 1.51. The average Bonchev–Trinajstić information content (AvgIpc) is 2.99. The molecule has 0 saturated heterocycles. The van der Waals surface area contributed by atoms with Crippen molar-refractivity contribution in [1.82, 2.24) is 14.8 Å². The molecule has 1 aromatic heterocycles. The van der Waals surface area contributed by atoms with Gasteiger partial charge in [-0.3, -0.25) is 4.99 Å². The topological polar surface area (TPSA) is 75.9 Å². The highest BCUT2D eigenvalue weighted by molar-refractivity contribution is 7.90. The van der Waals surface area contributed by atoms with Crippen molar-refractivity contribution in [3.8, 4) is 5.75 Å². The number of nitrogens with one attached hydrogen (secondary N) is 1. The zero-order chi connectivity index (χ0) is 19.2. The van der Waals surface area contributed by atoms with E-state index in [1.807, 2.05) is 31.3 Å². The third-order valence-electron chi connectivity index (χ3n) is 3.93. The van der Waals surface area contributed by atoms with Crippen LogP contribution < -0.4 is 10.1 Å². The molecule has 0 aliphatic heterocycles. The molecule has 1 N–H and O–H groups in total. The summed E-state index contributed by atoms with van der Waals surface area (Å²) in [7, 11) is 2.56. The van der Waals surface area contributed by atoms with Crippen LogP contribution in [0.2, 0.25) is 0 Å². The predicted molar refractivity (Wildman–Crippen MR) is 103 cm³/mol. The molecule has 142 valence electrons. The average molecular weight is 378 g/mol. The zero-order valence-corrected chi connectivity index (χ0v) is 16.5. The first kappa shape index (κ1) is 19.8. The van der Waals surface area contributed by atoms with Crippen LogP contribution in [0, 0.1) is 0 Å². The molecule has 0 atom stereocenters. The number of aliphatic imine (C=N–C) groups is 1. The summed E-state index contributed by atoms with van der Waals surface area (Å²) in [6, 6.07) is 10.5. The van der Waals surface area contributed by atoms with E-state index in [1.54, 1.807) is 31.3 Å². The van der Waals surface area contributed by atoms with Gasteiger partial charge in [-0.2, -0.15) is 0 Å². The maximum Gasteiger partial charge on any atom is 0.193 e. The molecule has 2 rings (SSSR count). The minimum atomic E-state index is -3.18. The molecule has 2 aromatic rings. The third-order valence-corrected chi connectivity index (χ3v) is 5.06. The Balaban J connectivity index is 1.79. The molecular weight excluding hydrogens is 352 g/mol. The summed E-state index contributed by atoms with van der Waals surface area (Å²) >= 11 is 0. The lowest BCUT2D eigenvalue weighted by atomic mass is 10.3. The molecule has 0 bridgehead atoms. The van der Waals surface area contributed by atoms with Gasteiger partial charge in [0.1, 0.15) is 12.4 Å². The van der Waals surface area contributed by atoms with E-state index < -0.39 is 9.84 Å². The van der Waals surface area contributed by atoms with Crippen molar-refractivity contribution in [3.05, 3.63) is 48.3 Å². The van der Waals surface area contributed by atoms with Crippen molar-refractivity contribution < 1.29 is 13.2 Å². The second kappa shape index (κ2) is 8.75. The maximum atomic E-state index is 11.4. The molecule has 0 radical (unpaired) electrons. The SMILES string of the molecule is CN=C(NCCOc1ccc(S(C)(=O)=O)cc1)N(C)Cc1cccn1C.